The van der Waals surface area contributed by atoms with E-state index in [4.69, 9.17) is 11.6 Å². The van der Waals surface area contributed by atoms with Crippen molar-refractivity contribution in [2.45, 2.75) is 31.7 Å². The van der Waals surface area contributed by atoms with Crippen molar-refractivity contribution in [1.29, 1.82) is 0 Å². The average Bonchev–Trinajstić information content (AvgIpc) is 3.39. The zero-order valence-corrected chi connectivity index (χ0v) is 14.0. The SMILES string of the molecule is O=C(CCc1ccccc1)Nc1ccc(Cl)c(C(=O)NC2CC2)c1. The number of anilines is 1. The predicted octanol–water partition coefficient (Wildman–Crippen LogP) is 3.80. The molecular weight excluding hydrogens is 324 g/mol. The molecule has 124 valence electrons. The number of aryl methyl sites for hydroxylation is 1. The molecular formula is C19H19ClN2O2. The fraction of sp³-hybridized carbons (Fsp3) is 0.263. The summed E-state index contributed by atoms with van der Waals surface area (Å²) in [6.07, 6.45) is 3.09. The highest BCUT2D eigenvalue weighted by molar-refractivity contribution is 6.34. The van der Waals surface area contributed by atoms with Crippen LogP contribution in [0.5, 0.6) is 0 Å². The number of hydrogen-bond acceptors (Lipinski definition) is 2. The average molecular weight is 343 g/mol. The van der Waals surface area contributed by atoms with Crippen LogP contribution in [0.1, 0.15) is 35.2 Å². The van der Waals surface area contributed by atoms with E-state index in [0.29, 0.717) is 29.1 Å². The number of benzene rings is 2. The number of carbonyl (C=O) groups excluding carboxylic acids is 2. The Morgan fingerprint density at radius 3 is 2.54 bits per heavy atom. The highest BCUT2D eigenvalue weighted by atomic mass is 35.5. The molecule has 0 heterocycles. The Hall–Kier alpha value is -2.33. The van der Waals surface area contributed by atoms with Gasteiger partial charge in [-0.25, -0.2) is 0 Å². The van der Waals surface area contributed by atoms with Gasteiger partial charge in [-0.1, -0.05) is 41.9 Å². The lowest BCUT2D eigenvalue weighted by Gasteiger charge is -2.10. The molecule has 5 heteroatoms. The second-order valence-corrected chi connectivity index (χ2v) is 6.38. The molecule has 24 heavy (non-hydrogen) atoms. The molecule has 0 radical (unpaired) electrons. The molecule has 0 aliphatic heterocycles. The van der Waals surface area contributed by atoms with Crippen LogP contribution in [0, 0.1) is 0 Å². The first-order valence-electron chi connectivity index (χ1n) is 8.06. The van der Waals surface area contributed by atoms with E-state index in [1.54, 1.807) is 18.2 Å². The molecule has 0 unspecified atom stereocenters. The van der Waals surface area contributed by atoms with Crippen molar-refractivity contribution in [3.8, 4) is 0 Å². The van der Waals surface area contributed by atoms with Gasteiger partial charge in [0.1, 0.15) is 0 Å². The quantitative estimate of drug-likeness (QED) is 0.838. The Morgan fingerprint density at radius 1 is 1.08 bits per heavy atom. The molecule has 0 spiro atoms. The van der Waals surface area contributed by atoms with Gasteiger partial charge in [0.15, 0.2) is 0 Å². The van der Waals surface area contributed by atoms with Crippen molar-refractivity contribution in [3.63, 3.8) is 0 Å². The summed E-state index contributed by atoms with van der Waals surface area (Å²) in [5.41, 5.74) is 2.09. The second kappa shape index (κ2) is 7.49. The summed E-state index contributed by atoms with van der Waals surface area (Å²) in [6.45, 7) is 0. The van der Waals surface area contributed by atoms with Crippen LogP contribution in [0.4, 0.5) is 5.69 Å². The number of hydrogen-bond donors (Lipinski definition) is 2. The van der Waals surface area contributed by atoms with Gasteiger partial charge in [0.05, 0.1) is 10.6 Å². The van der Waals surface area contributed by atoms with Crippen molar-refractivity contribution >= 4 is 29.1 Å². The van der Waals surface area contributed by atoms with Gasteiger partial charge in [-0.3, -0.25) is 9.59 Å². The fourth-order valence-electron chi connectivity index (χ4n) is 2.39. The largest absolute Gasteiger partial charge is 0.349 e. The lowest BCUT2D eigenvalue weighted by atomic mass is 10.1. The van der Waals surface area contributed by atoms with Crippen molar-refractivity contribution in [2.24, 2.45) is 0 Å². The lowest BCUT2D eigenvalue weighted by Crippen LogP contribution is -2.25. The molecule has 0 bridgehead atoms. The Balaban J connectivity index is 1.59. The maximum Gasteiger partial charge on any atom is 0.253 e. The monoisotopic (exact) mass is 342 g/mol. The molecule has 1 fully saturated rings. The summed E-state index contributed by atoms with van der Waals surface area (Å²) >= 11 is 6.10. The predicted molar refractivity (Wildman–Crippen MR) is 95.3 cm³/mol. The fourth-order valence-corrected chi connectivity index (χ4v) is 2.60. The Bertz CT molecular complexity index is 742. The lowest BCUT2D eigenvalue weighted by molar-refractivity contribution is -0.116. The number of nitrogens with one attached hydrogen (secondary N) is 2. The van der Waals surface area contributed by atoms with Gasteiger partial charge in [0, 0.05) is 18.2 Å². The smallest absolute Gasteiger partial charge is 0.253 e. The minimum atomic E-state index is -0.192. The van der Waals surface area contributed by atoms with E-state index in [1.165, 1.54) is 0 Å². The van der Waals surface area contributed by atoms with E-state index < -0.39 is 0 Å². The maximum atomic E-state index is 12.2. The van der Waals surface area contributed by atoms with Crippen LogP contribution in [0.25, 0.3) is 0 Å². The van der Waals surface area contributed by atoms with Gasteiger partial charge in [0.2, 0.25) is 5.91 Å². The van der Waals surface area contributed by atoms with E-state index in [0.717, 1.165) is 18.4 Å². The van der Waals surface area contributed by atoms with Crippen LogP contribution in [-0.4, -0.2) is 17.9 Å². The molecule has 3 rings (SSSR count). The zero-order chi connectivity index (χ0) is 16.9. The Labute approximate surface area is 146 Å². The first-order chi connectivity index (χ1) is 11.6. The van der Waals surface area contributed by atoms with Crippen LogP contribution >= 0.6 is 11.6 Å². The Morgan fingerprint density at radius 2 is 1.83 bits per heavy atom. The van der Waals surface area contributed by atoms with Gasteiger partial charge in [0.25, 0.3) is 5.91 Å². The minimum absolute atomic E-state index is 0.0882. The van der Waals surface area contributed by atoms with E-state index in [9.17, 15) is 9.59 Å². The molecule has 1 aliphatic rings. The van der Waals surface area contributed by atoms with Gasteiger partial charge < -0.3 is 10.6 Å². The number of halogens is 1. The first-order valence-corrected chi connectivity index (χ1v) is 8.44. The number of carbonyl (C=O) groups is 2. The maximum absolute atomic E-state index is 12.2. The summed E-state index contributed by atoms with van der Waals surface area (Å²) in [7, 11) is 0. The van der Waals surface area contributed by atoms with E-state index in [1.807, 2.05) is 30.3 Å². The number of rotatable bonds is 6. The molecule has 0 saturated heterocycles. The molecule has 2 N–H and O–H groups in total. The number of amides is 2. The molecule has 2 aromatic rings. The van der Waals surface area contributed by atoms with Gasteiger partial charge in [-0.15, -0.1) is 0 Å². The zero-order valence-electron chi connectivity index (χ0n) is 13.2. The van der Waals surface area contributed by atoms with E-state index >= 15 is 0 Å². The van der Waals surface area contributed by atoms with Crippen molar-refractivity contribution in [3.05, 3.63) is 64.7 Å². The van der Waals surface area contributed by atoms with Gasteiger partial charge >= 0.3 is 0 Å². The third-order valence-electron chi connectivity index (χ3n) is 3.89. The van der Waals surface area contributed by atoms with Gasteiger partial charge in [-0.2, -0.15) is 0 Å². The topological polar surface area (TPSA) is 58.2 Å². The van der Waals surface area contributed by atoms with Crippen molar-refractivity contribution < 1.29 is 9.59 Å². The molecule has 4 nitrogen and oxygen atoms in total. The molecule has 0 aromatic heterocycles. The molecule has 2 aromatic carbocycles. The minimum Gasteiger partial charge on any atom is -0.349 e. The van der Waals surface area contributed by atoms with Gasteiger partial charge in [-0.05, 0) is 43.0 Å². The molecule has 2 amide bonds. The summed E-state index contributed by atoms with van der Waals surface area (Å²) in [5, 5.41) is 6.11. The van der Waals surface area contributed by atoms with Crippen molar-refractivity contribution in [1.82, 2.24) is 5.32 Å². The summed E-state index contributed by atoms with van der Waals surface area (Å²) in [5.74, 6) is -0.280. The normalized spacial score (nSPS) is 13.4. The van der Waals surface area contributed by atoms with Crippen LogP contribution in [-0.2, 0) is 11.2 Å². The standard InChI is InChI=1S/C19H19ClN2O2/c20-17-10-9-15(12-16(17)19(24)22-14-7-8-14)21-18(23)11-6-13-4-2-1-3-5-13/h1-5,9-10,12,14H,6-8,11H2,(H,21,23)(H,22,24). The van der Waals surface area contributed by atoms with Crippen LogP contribution in [0.3, 0.4) is 0 Å². The second-order valence-electron chi connectivity index (χ2n) is 5.98. The Kier molecular flexibility index (Phi) is 5.16. The molecule has 0 atom stereocenters. The van der Waals surface area contributed by atoms with Crippen LogP contribution < -0.4 is 10.6 Å². The molecule has 1 aliphatic carbocycles. The van der Waals surface area contributed by atoms with E-state index in [-0.39, 0.29) is 17.9 Å². The highest BCUT2D eigenvalue weighted by Crippen LogP contribution is 2.24. The van der Waals surface area contributed by atoms with E-state index in [2.05, 4.69) is 10.6 Å². The highest BCUT2D eigenvalue weighted by Gasteiger charge is 2.24. The summed E-state index contributed by atoms with van der Waals surface area (Å²) in [4.78, 5) is 24.3. The first kappa shape index (κ1) is 16.5. The third kappa shape index (κ3) is 4.59. The molecule has 1 saturated carbocycles. The van der Waals surface area contributed by atoms with Crippen LogP contribution in [0.2, 0.25) is 5.02 Å². The third-order valence-corrected chi connectivity index (χ3v) is 4.22. The summed E-state index contributed by atoms with van der Waals surface area (Å²) < 4.78 is 0. The van der Waals surface area contributed by atoms with Crippen LogP contribution in [0.15, 0.2) is 48.5 Å². The van der Waals surface area contributed by atoms with Crippen molar-refractivity contribution in [2.75, 3.05) is 5.32 Å². The summed E-state index contributed by atoms with van der Waals surface area (Å²) in [6, 6.07) is 15.1.